The highest BCUT2D eigenvalue weighted by atomic mass is 32.2. The molecule has 0 saturated heterocycles. The van der Waals surface area contributed by atoms with E-state index in [1.54, 1.807) is 35.1 Å². The summed E-state index contributed by atoms with van der Waals surface area (Å²) in [7, 11) is -2.18. The number of aromatic nitrogens is 2. The number of nitrogens with one attached hydrogen (secondary N) is 2. The van der Waals surface area contributed by atoms with E-state index < -0.39 is 15.9 Å². The molecule has 10 nitrogen and oxygen atoms in total. The highest BCUT2D eigenvalue weighted by Gasteiger charge is 2.22. The monoisotopic (exact) mass is 576 g/mol. The fraction of sp³-hybridized carbons (Fsp3) is 0.300. The van der Waals surface area contributed by atoms with Crippen LogP contribution in [0.25, 0.3) is 16.6 Å². The summed E-state index contributed by atoms with van der Waals surface area (Å²) in [6.07, 6.45) is 1.75. The smallest absolute Gasteiger partial charge is 0.254 e. The first kappa shape index (κ1) is 29.8. The number of rotatable bonds is 10. The largest absolute Gasteiger partial charge is 0.383 e. The molecule has 3 aromatic carbocycles. The van der Waals surface area contributed by atoms with E-state index in [1.165, 1.54) is 11.9 Å². The van der Waals surface area contributed by atoms with E-state index in [4.69, 9.17) is 5.73 Å². The van der Waals surface area contributed by atoms with E-state index in [-0.39, 0.29) is 18.5 Å². The number of nitrogens with two attached hydrogens (primary N) is 1. The predicted molar refractivity (Wildman–Crippen MR) is 161 cm³/mol. The van der Waals surface area contributed by atoms with Crippen molar-refractivity contribution < 1.29 is 18.0 Å². The third kappa shape index (κ3) is 6.58. The Balaban J connectivity index is 1.52. The van der Waals surface area contributed by atoms with Crippen LogP contribution < -0.4 is 15.8 Å². The van der Waals surface area contributed by atoms with Gasteiger partial charge in [-0.2, -0.15) is 5.10 Å². The Labute approximate surface area is 240 Å². The van der Waals surface area contributed by atoms with Gasteiger partial charge in [0.05, 0.1) is 28.8 Å². The zero-order valence-corrected chi connectivity index (χ0v) is 25.0. The number of benzene rings is 3. The van der Waals surface area contributed by atoms with Gasteiger partial charge in [0.1, 0.15) is 0 Å². The summed E-state index contributed by atoms with van der Waals surface area (Å²) in [5.41, 5.74) is 11.5. The number of likely N-dealkylation sites (N-methyl/N-ethyl adjacent to an activating group) is 1. The van der Waals surface area contributed by atoms with Crippen LogP contribution in [0.2, 0.25) is 0 Å². The lowest BCUT2D eigenvalue weighted by atomic mass is 10.1. The molecule has 1 aromatic heterocycles. The summed E-state index contributed by atoms with van der Waals surface area (Å²) in [5.74, 6) is -0.885. The minimum atomic E-state index is -3.70. The van der Waals surface area contributed by atoms with Crippen LogP contribution in [0.4, 0.5) is 5.69 Å². The van der Waals surface area contributed by atoms with Crippen molar-refractivity contribution in [2.24, 2.45) is 5.73 Å². The van der Waals surface area contributed by atoms with Crippen molar-refractivity contribution in [3.8, 4) is 5.69 Å². The number of nitrogens with zero attached hydrogens (tertiary/aromatic N) is 3. The standard InChI is InChI=1S/C30H36N6O4S/c1-18-11-20(3)29(21(4)12-18)41(39,40)34-22(5)15-32-26-13-19(2)14-27-25(26)16-33-36(27)24-9-7-23(8-10-24)30(38)35(6)17-28(31)37/h7-14,16,22,32,34H,15,17H2,1-6H3,(H2,31,37)/t22-/m0/s1. The zero-order chi connectivity index (χ0) is 30.1. The molecule has 0 saturated carbocycles. The zero-order valence-electron chi connectivity index (χ0n) is 24.1. The number of primary amides is 1. The maximum absolute atomic E-state index is 13.2. The predicted octanol–water partition coefficient (Wildman–Crippen LogP) is 3.60. The van der Waals surface area contributed by atoms with E-state index in [9.17, 15) is 18.0 Å². The second kappa shape index (κ2) is 11.7. The minimum Gasteiger partial charge on any atom is -0.383 e. The summed E-state index contributed by atoms with van der Waals surface area (Å²) in [6.45, 7) is 9.58. The van der Waals surface area contributed by atoms with Gasteiger partial charge in [-0.1, -0.05) is 17.7 Å². The van der Waals surface area contributed by atoms with E-state index >= 15 is 0 Å². The Kier molecular flexibility index (Phi) is 8.50. The van der Waals surface area contributed by atoms with Crippen molar-refractivity contribution in [1.29, 1.82) is 0 Å². The number of carbonyl (C=O) groups excluding carboxylic acids is 2. The van der Waals surface area contributed by atoms with Gasteiger partial charge in [0.15, 0.2) is 0 Å². The molecule has 0 aliphatic heterocycles. The third-order valence-corrected chi connectivity index (χ3v) is 8.65. The number of anilines is 1. The number of sulfonamides is 1. The summed E-state index contributed by atoms with van der Waals surface area (Å²) in [5, 5.41) is 8.84. The molecule has 2 amide bonds. The summed E-state index contributed by atoms with van der Waals surface area (Å²) < 4.78 is 31.0. The number of carbonyl (C=O) groups is 2. The van der Waals surface area contributed by atoms with Crippen LogP contribution >= 0.6 is 0 Å². The normalized spacial score (nSPS) is 12.3. The third-order valence-electron chi connectivity index (χ3n) is 6.76. The lowest BCUT2D eigenvalue weighted by molar-refractivity contribution is -0.118. The number of fused-ring (bicyclic) bond motifs is 1. The van der Waals surface area contributed by atoms with Crippen molar-refractivity contribution >= 4 is 38.4 Å². The van der Waals surface area contributed by atoms with E-state index in [2.05, 4.69) is 15.1 Å². The lowest BCUT2D eigenvalue weighted by Crippen LogP contribution is -2.38. The summed E-state index contributed by atoms with van der Waals surface area (Å²) >= 11 is 0. The Morgan fingerprint density at radius 1 is 1.00 bits per heavy atom. The van der Waals surface area contributed by atoms with Crippen LogP contribution in [0.1, 0.15) is 39.5 Å². The van der Waals surface area contributed by atoms with Crippen molar-refractivity contribution in [1.82, 2.24) is 19.4 Å². The molecule has 11 heteroatoms. The van der Waals surface area contributed by atoms with Crippen LogP contribution in [0.15, 0.2) is 59.6 Å². The molecule has 1 heterocycles. The first-order valence-electron chi connectivity index (χ1n) is 13.2. The van der Waals surface area contributed by atoms with Gasteiger partial charge in [-0.05, 0) is 87.7 Å². The molecule has 0 fully saturated rings. The first-order chi connectivity index (χ1) is 19.3. The number of hydrogen-bond donors (Lipinski definition) is 3. The molecular weight excluding hydrogens is 540 g/mol. The average molecular weight is 577 g/mol. The van der Waals surface area contributed by atoms with Crippen LogP contribution in [0, 0.1) is 27.7 Å². The van der Waals surface area contributed by atoms with Crippen LogP contribution in [0.5, 0.6) is 0 Å². The molecule has 4 rings (SSSR count). The van der Waals surface area contributed by atoms with Gasteiger partial charge in [0, 0.05) is 36.3 Å². The molecule has 0 spiro atoms. The maximum Gasteiger partial charge on any atom is 0.254 e. The topological polar surface area (TPSA) is 139 Å². The van der Waals surface area contributed by atoms with Gasteiger partial charge in [0.25, 0.3) is 5.91 Å². The SMILES string of the molecule is Cc1cc(C)c(S(=O)(=O)N[C@@H](C)CNc2cc(C)cc3c2cnn3-c2ccc(C(=O)N(C)CC(N)=O)cc2)c(C)c1. The Bertz CT molecular complexity index is 1700. The van der Waals surface area contributed by atoms with Crippen molar-refractivity contribution in [3.05, 3.63) is 82.5 Å². The average Bonchev–Trinajstić information content (AvgIpc) is 3.29. The van der Waals surface area contributed by atoms with Crippen molar-refractivity contribution in [2.75, 3.05) is 25.5 Å². The van der Waals surface area contributed by atoms with Gasteiger partial charge in [-0.25, -0.2) is 17.8 Å². The van der Waals surface area contributed by atoms with Gasteiger partial charge in [-0.15, -0.1) is 0 Å². The molecule has 216 valence electrons. The molecule has 4 N–H and O–H groups in total. The molecule has 4 aromatic rings. The first-order valence-corrected chi connectivity index (χ1v) is 14.7. The Hall–Kier alpha value is -4.22. The molecule has 0 radical (unpaired) electrons. The summed E-state index contributed by atoms with van der Waals surface area (Å²) in [4.78, 5) is 25.3. The summed E-state index contributed by atoms with van der Waals surface area (Å²) in [6, 6.07) is 14.3. The quantitative estimate of drug-likeness (QED) is 0.264. The molecule has 0 bridgehead atoms. The molecule has 0 unspecified atom stereocenters. The van der Waals surface area contributed by atoms with Gasteiger partial charge in [0.2, 0.25) is 15.9 Å². The maximum atomic E-state index is 13.2. The molecular formula is C30H36N6O4S. The minimum absolute atomic E-state index is 0.162. The van der Waals surface area contributed by atoms with Crippen LogP contribution in [-0.2, 0) is 14.8 Å². The number of hydrogen-bond acceptors (Lipinski definition) is 6. The van der Waals surface area contributed by atoms with Crippen LogP contribution in [-0.4, -0.2) is 61.1 Å². The van der Waals surface area contributed by atoms with Crippen molar-refractivity contribution in [2.45, 2.75) is 45.6 Å². The van der Waals surface area contributed by atoms with Gasteiger partial charge >= 0.3 is 0 Å². The second-order valence-corrected chi connectivity index (χ2v) is 12.3. The van der Waals surface area contributed by atoms with E-state index in [0.717, 1.165) is 44.5 Å². The Morgan fingerprint density at radius 2 is 1.61 bits per heavy atom. The molecule has 1 atom stereocenters. The fourth-order valence-corrected chi connectivity index (χ4v) is 6.81. The highest BCUT2D eigenvalue weighted by Crippen LogP contribution is 2.28. The number of aryl methyl sites for hydroxylation is 4. The lowest BCUT2D eigenvalue weighted by Gasteiger charge is -2.19. The fourth-order valence-electron chi connectivity index (χ4n) is 5.11. The van der Waals surface area contributed by atoms with E-state index in [0.29, 0.717) is 17.0 Å². The highest BCUT2D eigenvalue weighted by molar-refractivity contribution is 7.89. The van der Waals surface area contributed by atoms with Gasteiger partial charge in [-0.3, -0.25) is 9.59 Å². The van der Waals surface area contributed by atoms with E-state index in [1.807, 2.05) is 58.9 Å². The van der Waals surface area contributed by atoms with Crippen molar-refractivity contribution in [3.63, 3.8) is 0 Å². The van der Waals surface area contributed by atoms with Gasteiger partial charge < -0.3 is 16.0 Å². The molecule has 41 heavy (non-hydrogen) atoms. The Morgan fingerprint density at radius 3 is 2.22 bits per heavy atom. The molecule has 0 aliphatic carbocycles. The number of amides is 2. The molecule has 0 aliphatic rings. The second-order valence-electron chi connectivity index (χ2n) is 10.6. The van der Waals surface area contributed by atoms with Crippen LogP contribution in [0.3, 0.4) is 0 Å².